The van der Waals surface area contributed by atoms with Crippen LogP contribution in [0.2, 0.25) is 5.02 Å². The fourth-order valence-corrected chi connectivity index (χ4v) is 3.80. The van der Waals surface area contributed by atoms with Gasteiger partial charge in [0.1, 0.15) is 17.0 Å². The van der Waals surface area contributed by atoms with Crippen molar-refractivity contribution in [2.45, 2.75) is 11.4 Å². The third kappa shape index (κ3) is 4.19. The minimum absolute atomic E-state index is 0.0142. The number of hydrogen-bond acceptors (Lipinski definition) is 5. The maximum absolute atomic E-state index is 12.6. The summed E-state index contributed by atoms with van der Waals surface area (Å²) in [6, 6.07) is 15.7. The average molecular weight is 390 g/mol. The van der Waals surface area contributed by atoms with Gasteiger partial charge < -0.3 is 4.74 Å². The Morgan fingerprint density at radius 2 is 1.85 bits per heavy atom. The van der Waals surface area contributed by atoms with Gasteiger partial charge in [0, 0.05) is 10.6 Å². The zero-order valence-corrected chi connectivity index (χ0v) is 15.5. The number of nitrogens with one attached hydrogen (secondary N) is 1. The van der Waals surface area contributed by atoms with E-state index in [-0.39, 0.29) is 17.2 Å². The van der Waals surface area contributed by atoms with Gasteiger partial charge in [-0.25, -0.2) is 23.1 Å². The number of benzene rings is 2. The van der Waals surface area contributed by atoms with Crippen molar-refractivity contribution >= 4 is 21.6 Å². The molecule has 3 rings (SSSR count). The molecule has 0 radical (unpaired) electrons. The van der Waals surface area contributed by atoms with E-state index in [2.05, 4.69) is 14.7 Å². The number of rotatable bonds is 6. The predicted molar refractivity (Wildman–Crippen MR) is 99.5 cm³/mol. The number of methoxy groups -OCH3 is 1. The summed E-state index contributed by atoms with van der Waals surface area (Å²) in [5.41, 5.74) is 2.19. The number of nitrogens with zero attached hydrogens (tertiary/aromatic N) is 2. The lowest BCUT2D eigenvalue weighted by Gasteiger charge is -2.11. The first kappa shape index (κ1) is 18.3. The van der Waals surface area contributed by atoms with Gasteiger partial charge in [0.05, 0.1) is 25.0 Å². The Balaban J connectivity index is 1.82. The lowest BCUT2D eigenvalue weighted by atomic mass is 10.1. The molecular weight excluding hydrogens is 374 g/mol. The van der Waals surface area contributed by atoms with Crippen LogP contribution in [0.1, 0.15) is 5.69 Å². The molecule has 0 unspecified atom stereocenters. The van der Waals surface area contributed by atoms with Gasteiger partial charge in [0.2, 0.25) is 10.0 Å². The zero-order chi connectivity index (χ0) is 18.6. The summed E-state index contributed by atoms with van der Waals surface area (Å²) in [7, 11) is -2.42. The molecule has 0 aliphatic heterocycles. The molecular formula is C18H16ClN3O3S. The highest BCUT2D eigenvalue weighted by atomic mass is 35.5. The lowest BCUT2D eigenvalue weighted by Crippen LogP contribution is -2.24. The summed E-state index contributed by atoms with van der Waals surface area (Å²) in [4.78, 5) is 8.33. The minimum atomic E-state index is -3.82. The van der Waals surface area contributed by atoms with Crippen LogP contribution in [0.5, 0.6) is 5.75 Å². The van der Waals surface area contributed by atoms with Gasteiger partial charge in [-0.05, 0) is 24.3 Å². The van der Waals surface area contributed by atoms with Crippen molar-refractivity contribution in [3.63, 3.8) is 0 Å². The van der Waals surface area contributed by atoms with Crippen molar-refractivity contribution in [2.75, 3.05) is 7.11 Å². The van der Waals surface area contributed by atoms with Crippen LogP contribution in [0.25, 0.3) is 11.3 Å². The first-order chi connectivity index (χ1) is 12.5. The third-order valence-corrected chi connectivity index (χ3v) is 5.31. The van der Waals surface area contributed by atoms with E-state index in [4.69, 9.17) is 16.3 Å². The maximum atomic E-state index is 12.6. The van der Waals surface area contributed by atoms with Gasteiger partial charge in [0.15, 0.2) is 0 Å². The van der Waals surface area contributed by atoms with Crippen molar-refractivity contribution in [2.24, 2.45) is 0 Å². The molecule has 0 atom stereocenters. The predicted octanol–water partition coefficient (Wildman–Crippen LogP) is 3.28. The molecule has 26 heavy (non-hydrogen) atoms. The number of hydrogen-bond donors (Lipinski definition) is 1. The topological polar surface area (TPSA) is 81.2 Å². The molecule has 2 aromatic carbocycles. The van der Waals surface area contributed by atoms with Gasteiger partial charge >= 0.3 is 0 Å². The largest absolute Gasteiger partial charge is 0.495 e. The Kier molecular flexibility index (Phi) is 5.51. The van der Waals surface area contributed by atoms with Gasteiger partial charge in [0.25, 0.3) is 0 Å². The van der Waals surface area contributed by atoms with Crippen molar-refractivity contribution < 1.29 is 13.2 Å². The van der Waals surface area contributed by atoms with Crippen LogP contribution in [0.15, 0.2) is 65.8 Å². The number of sulfonamides is 1. The summed E-state index contributed by atoms with van der Waals surface area (Å²) in [6.45, 7) is 0.0142. The molecule has 3 aromatic rings. The number of halogens is 1. The lowest BCUT2D eigenvalue weighted by molar-refractivity contribution is 0.402. The summed E-state index contributed by atoms with van der Waals surface area (Å²) < 4.78 is 32.8. The molecule has 0 bridgehead atoms. The van der Waals surface area contributed by atoms with Crippen LogP contribution >= 0.6 is 11.6 Å². The summed E-state index contributed by atoms with van der Waals surface area (Å²) >= 11 is 5.92. The highest BCUT2D eigenvalue weighted by Crippen LogP contribution is 2.27. The SMILES string of the molecule is COc1ccc(Cl)cc1S(=O)(=O)NCc1cc(-c2ccccc2)ncn1. The van der Waals surface area contributed by atoms with Gasteiger partial charge in [-0.3, -0.25) is 0 Å². The quantitative estimate of drug-likeness (QED) is 0.699. The molecule has 1 N–H and O–H groups in total. The zero-order valence-electron chi connectivity index (χ0n) is 13.9. The molecule has 6 nitrogen and oxygen atoms in total. The van der Waals surface area contributed by atoms with Gasteiger partial charge in [-0.15, -0.1) is 0 Å². The van der Waals surface area contributed by atoms with E-state index in [9.17, 15) is 8.42 Å². The van der Waals surface area contributed by atoms with Gasteiger partial charge in [-0.1, -0.05) is 41.9 Å². The van der Waals surface area contributed by atoms with Crippen LogP contribution in [0.3, 0.4) is 0 Å². The fraction of sp³-hybridized carbons (Fsp3) is 0.111. The van der Waals surface area contributed by atoms with Crippen LogP contribution in [-0.4, -0.2) is 25.5 Å². The number of aromatic nitrogens is 2. The Morgan fingerprint density at radius 3 is 2.58 bits per heavy atom. The molecule has 1 aromatic heterocycles. The smallest absolute Gasteiger partial charge is 0.244 e. The monoisotopic (exact) mass is 389 g/mol. The molecule has 0 saturated carbocycles. The van der Waals surface area contributed by atoms with E-state index < -0.39 is 10.0 Å². The second-order valence-electron chi connectivity index (χ2n) is 5.38. The Morgan fingerprint density at radius 1 is 1.08 bits per heavy atom. The van der Waals surface area contributed by atoms with Crippen molar-refractivity contribution in [1.82, 2.24) is 14.7 Å². The van der Waals surface area contributed by atoms with Gasteiger partial charge in [-0.2, -0.15) is 0 Å². The molecule has 0 spiro atoms. The highest BCUT2D eigenvalue weighted by molar-refractivity contribution is 7.89. The first-order valence-corrected chi connectivity index (χ1v) is 9.55. The number of ether oxygens (including phenoxy) is 1. The standard InChI is InChI=1S/C18H16ClN3O3S/c1-25-17-8-7-14(19)9-18(17)26(23,24)22-11-15-10-16(21-12-20-15)13-5-3-2-4-6-13/h2-10,12,22H,11H2,1H3. The van der Waals surface area contributed by atoms with E-state index in [1.54, 1.807) is 12.1 Å². The molecule has 0 fully saturated rings. The molecule has 0 saturated heterocycles. The Hall–Kier alpha value is -2.48. The van der Waals surface area contributed by atoms with Crippen molar-refractivity contribution in [3.8, 4) is 17.0 Å². The average Bonchev–Trinajstić information content (AvgIpc) is 2.67. The van der Waals surface area contributed by atoms with Crippen molar-refractivity contribution in [1.29, 1.82) is 0 Å². The summed E-state index contributed by atoms with van der Waals surface area (Å²) in [5.74, 6) is 0.217. The van der Waals surface area contributed by atoms with E-state index in [0.29, 0.717) is 10.7 Å². The molecule has 0 aliphatic carbocycles. The van der Waals surface area contributed by atoms with E-state index in [1.807, 2.05) is 30.3 Å². The second-order valence-corrected chi connectivity index (χ2v) is 7.55. The molecule has 8 heteroatoms. The Labute approximate surface area is 156 Å². The molecule has 134 valence electrons. The molecule has 1 heterocycles. The Bertz CT molecular complexity index is 1010. The minimum Gasteiger partial charge on any atom is -0.495 e. The van der Waals surface area contributed by atoms with E-state index in [1.165, 1.54) is 25.6 Å². The third-order valence-electron chi connectivity index (χ3n) is 3.65. The summed E-state index contributed by atoms with van der Waals surface area (Å²) in [6.07, 6.45) is 1.41. The van der Waals surface area contributed by atoms with Crippen LogP contribution in [-0.2, 0) is 16.6 Å². The van der Waals surface area contributed by atoms with E-state index in [0.717, 1.165) is 11.3 Å². The van der Waals surface area contributed by atoms with E-state index >= 15 is 0 Å². The highest BCUT2D eigenvalue weighted by Gasteiger charge is 2.20. The molecule has 0 aliphatic rings. The van der Waals surface area contributed by atoms with Crippen LogP contribution < -0.4 is 9.46 Å². The second kappa shape index (κ2) is 7.82. The molecule has 0 amide bonds. The first-order valence-electron chi connectivity index (χ1n) is 7.69. The maximum Gasteiger partial charge on any atom is 0.244 e. The summed E-state index contributed by atoms with van der Waals surface area (Å²) in [5, 5.41) is 0.305. The van der Waals surface area contributed by atoms with Crippen molar-refractivity contribution in [3.05, 3.63) is 71.6 Å². The normalized spacial score (nSPS) is 11.3. The van der Waals surface area contributed by atoms with Crippen LogP contribution in [0, 0.1) is 0 Å². The fourth-order valence-electron chi connectivity index (χ4n) is 2.37. The van der Waals surface area contributed by atoms with Crippen LogP contribution in [0.4, 0.5) is 0 Å².